The maximum atomic E-state index is 5.82. The summed E-state index contributed by atoms with van der Waals surface area (Å²) in [6, 6.07) is 4.24. The molecule has 108 valence electrons. The normalized spacial score (nSPS) is 32.4. The van der Waals surface area contributed by atoms with Crippen LogP contribution in [0, 0.1) is 17.8 Å². The van der Waals surface area contributed by atoms with E-state index in [2.05, 4.69) is 44.0 Å². The molecule has 1 heterocycles. The molecule has 20 heavy (non-hydrogen) atoms. The molecular weight excluding hydrogens is 384 g/mol. The van der Waals surface area contributed by atoms with E-state index in [1.165, 1.54) is 24.8 Å². The van der Waals surface area contributed by atoms with Crippen molar-refractivity contribution >= 4 is 31.9 Å². The summed E-state index contributed by atoms with van der Waals surface area (Å²) in [6.45, 7) is 1.49. The summed E-state index contributed by atoms with van der Waals surface area (Å²) in [6.07, 6.45) is 5.21. The number of halogens is 2. The molecule has 3 aliphatic rings. The summed E-state index contributed by atoms with van der Waals surface area (Å²) < 4.78 is 12.7. The first-order valence-corrected chi connectivity index (χ1v) is 9.19. The number of alkyl halides is 1. The summed E-state index contributed by atoms with van der Waals surface area (Å²) in [7, 11) is 0. The van der Waals surface area contributed by atoms with E-state index < -0.39 is 0 Å². The minimum absolute atomic E-state index is 0.435. The highest BCUT2D eigenvalue weighted by Crippen LogP contribution is 2.65. The van der Waals surface area contributed by atoms with Crippen molar-refractivity contribution in [1.82, 2.24) is 0 Å². The molecule has 2 nitrogen and oxygen atoms in total. The van der Waals surface area contributed by atoms with Gasteiger partial charge in [-0.1, -0.05) is 38.3 Å². The molecule has 0 bridgehead atoms. The first-order valence-electron chi connectivity index (χ1n) is 7.49. The predicted octanol–water partition coefficient (Wildman–Crippen LogP) is 5.09. The van der Waals surface area contributed by atoms with Crippen molar-refractivity contribution in [3.63, 3.8) is 0 Å². The lowest BCUT2D eigenvalue weighted by molar-refractivity contribution is 0.297. The molecular formula is C16H18Br2O2. The van der Waals surface area contributed by atoms with Crippen LogP contribution in [0.2, 0.25) is 0 Å². The topological polar surface area (TPSA) is 18.5 Å². The molecule has 1 aliphatic heterocycles. The van der Waals surface area contributed by atoms with E-state index >= 15 is 0 Å². The number of hydrogen-bond donors (Lipinski definition) is 0. The van der Waals surface area contributed by atoms with Gasteiger partial charge >= 0.3 is 0 Å². The fraction of sp³-hybridized carbons (Fsp3) is 0.625. The quantitative estimate of drug-likeness (QED) is 0.642. The van der Waals surface area contributed by atoms with E-state index in [0.29, 0.717) is 4.83 Å². The van der Waals surface area contributed by atoms with Gasteiger partial charge in [-0.25, -0.2) is 0 Å². The number of benzene rings is 1. The average molecular weight is 402 g/mol. The minimum atomic E-state index is 0.435. The van der Waals surface area contributed by atoms with Crippen molar-refractivity contribution in [3.05, 3.63) is 22.2 Å². The summed E-state index contributed by atoms with van der Waals surface area (Å²) in [5.74, 6) is 4.47. The van der Waals surface area contributed by atoms with Crippen molar-refractivity contribution in [3.8, 4) is 11.5 Å². The largest absolute Gasteiger partial charge is 0.490 e. The standard InChI is InChI=1S/C16H18Br2O2/c17-12-8-14-13(19-5-2-6-20-14)7-11(12)16(18)15-9-3-1-4-10(9)15/h7-10,15-16H,1-6H2. The van der Waals surface area contributed by atoms with Gasteiger partial charge in [-0.05, 0) is 48.3 Å². The van der Waals surface area contributed by atoms with E-state index in [1.807, 2.05) is 0 Å². The smallest absolute Gasteiger partial charge is 0.162 e. The van der Waals surface area contributed by atoms with Crippen molar-refractivity contribution in [1.29, 1.82) is 0 Å². The lowest BCUT2D eigenvalue weighted by Gasteiger charge is -2.17. The van der Waals surface area contributed by atoms with Crippen molar-refractivity contribution < 1.29 is 9.47 Å². The van der Waals surface area contributed by atoms with Gasteiger partial charge in [0, 0.05) is 15.7 Å². The van der Waals surface area contributed by atoms with E-state index in [1.54, 1.807) is 0 Å². The van der Waals surface area contributed by atoms with Crippen LogP contribution in [0.1, 0.15) is 36.1 Å². The average Bonchev–Trinajstić information content (AvgIpc) is 3.02. The van der Waals surface area contributed by atoms with Crippen molar-refractivity contribution in [2.45, 2.75) is 30.5 Å². The zero-order valence-corrected chi connectivity index (χ0v) is 14.5. The van der Waals surface area contributed by atoms with Crippen LogP contribution < -0.4 is 9.47 Å². The molecule has 0 aromatic heterocycles. The Labute approximate surface area is 136 Å². The minimum Gasteiger partial charge on any atom is -0.490 e. The Kier molecular flexibility index (Phi) is 3.50. The lowest BCUT2D eigenvalue weighted by atomic mass is 10.0. The second kappa shape index (κ2) is 5.20. The fourth-order valence-electron chi connectivity index (χ4n) is 3.93. The zero-order valence-electron chi connectivity index (χ0n) is 11.3. The number of hydrogen-bond acceptors (Lipinski definition) is 2. The van der Waals surface area contributed by atoms with E-state index in [0.717, 1.165) is 53.4 Å². The summed E-state index contributed by atoms with van der Waals surface area (Å²) >= 11 is 7.65. The summed E-state index contributed by atoms with van der Waals surface area (Å²) in [5.41, 5.74) is 1.31. The Morgan fingerprint density at radius 2 is 1.65 bits per heavy atom. The Morgan fingerprint density at radius 3 is 2.35 bits per heavy atom. The number of rotatable bonds is 2. The van der Waals surface area contributed by atoms with E-state index in [-0.39, 0.29) is 0 Å². The maximum Gasteiger partial charge on any atom is 0.162 e. The van der Waals surface area contributed by atoms with Crippen LogP contribution in [-0.2, 0) is 0 Å². The van der Waals surface area contributed by atoms with Gasteiger partial charge in [-0.2, -0.15) is 0 Å². The maximum absolute atomic E-state index is 5.82. The molecule has 0 amide bonds. The Hall–Kier alpha value is -0.220. The Balaban J connectivity index is 1.63. The molecule has 4 heteroatoms. The lowest BCUT2D eigenvalue weighted by Crippen LogP contribution is -2.01. The van der Waals surface area contributed by atoms with E-state index in [4.69, 9.17) is 9.47 Å². The highest BCUT2D eigenvalue weighted by molar-refractivity contribution is 9.11. The Bertz CT molecular complexity index is 521. The van der Waals surface area contributed by atoms with Gasteiger partial charge in [0.15, 0.2) is 11.5 Å². The van der Waals surface area contributed by atoms with Crippen LogP contribution in [0.4, 0.5) is 0 Å². The highest BCUT2D eigenvalue weighted by Gasteiger charge is 2.55. The first-order chi connectivity index (χ1) is 9.75. The predicted molar refractivity (Wildman–Crippen MR) is 85.7 cm³/mol. The molecule has 2 fully saturated rings. The zero-order chi connectivity index (χ0) is 13.7. The second-order valence-corrected chi connectivity index (χ2v) is 7.95. The molecule has 1 aromatic rings. The first kappa shape index (κ1) is 13.4. The fourth-order valence-corrected chi connectivity index (χ4v) is 5.97. The van der Waals surface area contributed by atoms with Gasteiger partial charge in [0.25, 0.3) is 0 Å². The molecule has 3 unspecified atom stereocenters. The molecule has 2 saturated carbocycles. The Morgan fingerprint density at radius 1 is 1.00 bits per heavy atom. The molecule has 1 aromatic carbocycles. The molecule has 0 spiro atoms. The summed E-state index contributed by atoms with van der Waals surface area (Å²) in [4.78, 5) is 0.435. The molecule has 3 atom stereocenters. The molecule has 0 N–H and O–H groups in total. The van der Waals surface area contributed by atoms with Gasteiger partial charge in [0.1, 0.15) is 0 Å². The van der Waals surface area contributed by atoms with Crippen LogP contribution in [0.25, 0.3) is 0 Å². The van der Waals surface area contributed by atoms with Crippen molar-refractivity contribution in [2.24, 2.45) is 17.8 Å². The van der Waals surface area contributed by atoms with Gasteiger partial charge < -0.3 is 9.47 Å². The molecule has 0 radical (unpaired) electrons. The third-order valence-electron chi connectivity index (χ3n) is 4.97. The van der Waals surface area contributed by atoms with Gasteiger partial charge in [-0.3, -0.25) is 0 Å². The van der Waals surface area contributed by atoms with Crippen LogP contribution >= 0.6 is 31.9 Å². The number of fused-ring (bicyclic) bond motifs is 2. The monoisotopic (exact) mass is 400 g/mol. The number of ether oxygens (including phenoxy) is 2. The van der Waals surface area contributed by atoms with Crippen LogP contribution in [0.3, 0.4) is 0 Å². The summed E-state index contributed by atoms with van der Waals surface area (Å²) in [5, 5.41) is 0. The van der Waals surface area contributed by atoms with Crippen LogP contribution in [-0.4, -0.2) is 13.2 Å². The molecule has 4 rings (SSSR count). The van der Waals surface area contributed by atoms with Gasteiger partial charge in [-0.15, -0.1) is 0 Å². The van der Waals surface area contributed by atoms with Crippen LogP contribution in [0.5, 0.6) is 11.5 Å². The third-order valence-corrected chi connectivity index (χ3v) is 6.77. The molecule has 0 saturated heterocycles. The van der Waals surface area contributed by atoms with E-state index in [9.17, 15) is 0 Å². The second-order valence-electron chi connectivity index (χ2n) is 6.11. The SMILES string of the molecule is Brc1cc2c(cc1C(Br)C1C3CCCC31)OCCCO2. The van der Waals surface area contributed by atoms with Gasteiger partial charge in [0.2, 0.25) is 0 Å². The van der Waals surface area contributed by atoms with Crippen molar-refractivity contribution in [2.75, 3.05) is 13.2 Å². The van der Waals surface area contributed by atoms with Crippen LogP contribution in [0.15, 0.2) is 16.6 Å². The third kappa shape index (κ3) is 2.19. The van der Waals surface area contributed by atoms with Gasteiger partial charge in [0.05, 0.1) is 13.2 Å². The molecule has 2 aliphatic carbocycles. The highest BCUT2D eigenvalue weighted by atomic mass is 79.9.